The average molecular weight is 394 g/mol. The van der Waals surface area contributed by atoms with Crippen molar-refractivity contribution >= 4 is 29.4 Å². The van der Waals surface area contributed by atoms with Crippen molar-refractivity contribution in [2.45, 2.75) is 10.8 Å². The highest BCUT2D eigenvalue weighted by molar-refractivity contribution is 7.98. The van der Waals surface area contributed by atoms with Crippen molar-refractivity contribution in [2.75, 3.05) is 12.5 Å². The van der Waals surface area contributed by atoms with E-state index >= 15 is 0 Å². The fourth-order valence-electron chi connectivity index (χ4n) is 2.41. The molecule has 0 fully saturated rings. The van der Waals surface area contributed by atoms with E-state index in [4.69, 9.17) is 4.74 Å². The first kappa shape index (κ1) is 19.4. The Morgan fingerprint density at radius 3 is 2.71 bits per heavy atom. The largest absolute Gasteiger partial charge is 0.496 e. The Labute approximate surface area is 166 Å². The minimum absolute atomic E-state index is 0.0414. The number of rotatable bonds is 8. The fraction of sp³-hybridized carbons (Fsp3) is 0.100. The van der Waals surface area contributed by atoms with Crippen molar-refractivity contribution in [3.63, 3.8) is 0 Å². The van der Waals surface area contributed by atoms with Gasteiger partial charge in [0.15, 0.2) is 0 Å². The van der Waals surface area contributed by atoms with Gasteiger partial charge in [-0.25, -0.2) is 4.98 Å². The van der Waals surface area contributed by atoms with E-state index in [2.05, 4.69) is 15.5 Å². The number of anilines is 1. The van der Waals surface area contributed by atoms with Gasteiger partial charge in [-0.1, -0.05) is 6.07 Å². The molecule has 3 rings (SSSR count). The zero-order valence-corrected chi connectivity index (χ0v) is 15.9. The molecule has 0 bridgehead atoms. The van der Waals surface area contributed by atoms with Crippen molar-refractivity contribution in [3.05, 3.63) is 88.1 Å². The Morgan fingerprint density at radius 2 is 2.04 bits per heavy atom. The van der Waals surface area contributed by atoms with Gasteiger partial charge in [0.25, 0.3) is 5.69 Å². The molecule has 1 heterocycles. The van der Waals surface area contributed by atoms with Gasteiger partial charge >= 0.3 is 0 Å². The molecule has 1 aromatic heterocycles. The van der Waals surface area contributed by atoms with Gasteiger partial charge < -0.3 is 4.74 Å². The summed E-state index contributed by atoms with van der Waals surface area (Å²) in [5.74, 6) is 1.53. The van der Waals surface area contributed by atoms with Gasteiger partial charge in [0, 0.05) is 29.6 Å². The van der Waals surface area contributed by atoms with E-state index < -0.39 is 4.92 Å². The molecule has 0 amide bonds. The molecule has 0 aliphatic carbocycles. The number of non-ortho nitro benzene ring substituents is 1. The molecule has 0 saturated carbocycles. The normalized spacial score (nSPS) is 10.8. The first-order chi connectivity index (χ1) is 13.7. The standard InChI is InChI=1S/C20H18N4O3S/c1-27-19-10-5-15(12-16(19)14-28-20-4-2-3-11-21-20)13-22-23-17-6-8-18(9-7-17)24(25)26/h2-13,23H,14H2,1H3/b22-13+. The lowest BCUT2D eigenvalue weighted by Crippen LogP contribution is -1.95. The maximum Gasteiger partial charge on any atom is 0.269 e. The van der Waals surface area contributed by atoms with Crippen LogP contribution in [0, 0.1) is 10.1 Å². The van der Waals surface area contributed by atoms with Gasteiger partial charge in [0.1, 0.15) is 5.75 Å². The second kappa shape index (κ2) is 9.52. The quantitative estimate of drug-likeness (QED) is 0.257. The summed E-state index contributed by atoms with van der Waals surface area (Å²) in [5, 5.41) is 15.8. The van der Waals surface area contributed by atoms with Gasteiger partial charge in [0.05, 0.1) is 29.0 Å². The van der Waals surface area contributed by atoms with Crippen LogP contribution in [-0.4, -0.2) is 23.2 Å². The number of hydrogen-bond acceptors (Lipinski definition) is 7. The topological polar surface area (TPSA) is 89.6 Å². The summed E-state index contributed by atoms with van der Waals surface area (Å²) in [6.07, 6.45) is 3.46. The summed E-state index contributed by atoms with van der Waals surface area (Å²) >= 11 is 1.63. The SMILES string of the molecule is COc1ccc(/C=N/Nc2ccc([N+](=O)[O-])cc2)cc1CSc1ccccn1. The van der Waals surface area contributed by atoms with Crippen LogP contribution in [0.5, 0.6) is 5.75 Å². The maximum atomic E-state index is 10.7. The number of nitrogens with one attached hydrogen (secondary N) is 1. The number of benzene rings is 2. The highest BCUT2D eigenvalue weighted by Crippen LogP contribution is 2.27. The van der Waals surface area contributed by atoms with Crippen LogP contribution >= 0.6 is 11.8 Å². The van der Waals surface area contributed by atoms with E-state index in [9.17, 15) is 10.1 Å². The smallest absolute Gasteiger partial charge is 0.269 e. The summed E-state index contributed by atoms with van der Waals surface area (Å²) in [6, 6.07) is 17.7. The van der Waals surface area contributed by atoms with Crippen LogP contribution in [0.2, 0.25) is 0 Å². The predicted molar refractivity (Wildman–Crippen MR) is 111 cm³/mol. The third kappa shape index (κ3) is 5.31. The van der Waals surface area contributed by atoms with E-state index in [0.717, 1.165) is 27.7 Å². The molecular weight excluding hydrogens is 376 g/mol. The molecular formula is C20H18N4O3S. The Kier molecular flexibility index (Phi) is 6.59. The van der Waals surface area contributed by atoms with E-state index in [1.54, 1.807) is 43.4 Å². The lowest BCUT2D eigenvalue weighted by molar-refractivity contribution is -0.384. The zero-order valence-electron chi connectivity index (χ0n) is 15.1. The molecule has 0 aliphatic rings. The van der Waals surface area contributed by atoms with Crippen LogP contribution in [-0.2, 0) is 5.75 Å². The second-order valence-corrected chi connectivity index (χ2v) is 6.70. The molecule has 142 valence electrons. The van der Waals surface area contributed by atoms with Crippen molar-refractivity contribution < 1.29 is 9.66 Å². The molecule has 3 aromatic rings. The maximum absolute atomic E-state index is 10.7. The summed E-state index contributed by atoms with van der Waals surface area (Å²) in [4.78, 5) is 14.6. The number of ether oxygens (including phenoxy) is 1. The van der Waals surface area contributed by atoms with Crippen molar-refractivity contribution in [2.24, 2.45) is 5.10 Å². The number of pyridine rings is 1. The van der Waals surface area contributed by atoms with Gasteiger partial charge in [-0.3, -0.25) is 15.5 Å². The molecule has 1 N–H and O–H groups in total. The van der Waals surface area contributed by atoms with Crippen LogP contribution in [0.1, 0.15) is 11.1 Å². The summed E-state index contributed by atoms with van der Waals surface area (Å²) in [5.41, 5.74) is 5.52. The number of nitro groups is 1. The third-order valence-electron chi connectivity index (χ3n) is 3.80. The first-order valence-electron chi connectivity index (χ1n) is 8.40. The lowest BCUT2D eigenvalue weighted by atomic mass is 10.1. The van der Waals surface area contributed by atoms with Gasteiger partial charge in [-0.2, -0.15) is 5.10 Å². The molecule has 2 aromatic carbocycles. The van der Waals surface area contributed by atoms with E-state index in [1.807, 2.05) is 36.4 Å². The Morgan fingerprint density at radius 1 is 1.21 bits per heavy atom. The van der Waals surface area contributed by atoms with Crippen LogP contribution in [0.25, 0.3) is 0 Å². The molecule has 28 heavy (non-hydrogen) atoms. The summed E-state index contributed by atoms with van der Waals surface area (Å²) < 4.78 is 5.44. The Balaban J connectivity index is 1.66. The van der Waals surface area contributed by atoms with Gasteiger partial charge in [-0.15, -0.1) is 11.8 Å². The molecule has 7 nitrogen and oxygen atoms in total. The number of nitro benzene ring substituents is 1. The van der Waals surface area contributed by atoms with Crippen molar-refractivity contribution in [3.8, 4) is 5.75 Å². The number of aromatic nitrogens is 1. The highest BCUT2D eigenvalue weighted by Gasteiger charge is 2.06. The van der Waals surface area contributed by atoms with E-state index in [0.29, 0.717) is 5.69 Å². The van der Waals surface area contributed by atoms with Crippen LogP contribution in [0.4, 0.5) is 11.4 Å². The number of nitrogens with zero attached hydrogens (tertiary/aromatic N) is 3. The fourth-order valence-corrected chi connectivity index (χ4v) is 3.25. The minimum Gasteiger partial charge on any atom is -0.496 e. The van der Waals surface area contributed by atoms with Gasteiger partial charge in [-0.05, 0) is 48.0 Å². The van der Waals surface area contributed by atoms with Crippen molar-refractivity contribution in [1.82, 2.24) is 4.98 Å². The number of methoxy groups -OCH3 is 1. The molecule has 0 spiro atoms. The lowest BCUT2D eigenvalue weighted by Gasteiger charge is -2.09. The number of thioether (sulfide) groups is 1. The van der Waals surface area contributed by atoms with Crippen LogP contribution in [0.3, 0.4) is 0 Å². The minimum atomic E-state index is -0.436. The molecule has 0 unspecified atom stereocenters. The molecule has 0 radical (unpaired) electrons. The summed E-state index contributed by atoms with van der Waals surface area (Å²) in [6.45, 7) is 0. The molecule has 8 heteroatoms. The zero-order chi connectivity index (χ0) is 19.8. The van der Waals surface area contributed by atoms with E-state index in [-0.39, 0.29) is 5.69 Å². The second-order valence-electron chi connectivity index (χ2n) is 5.70. The van der Waals surface area contributed by atoms with Gasteiger partial charge in [0.2, 0.25) is 0 Å². The molecule has 0 saturated heterocycles. The Hall–Kier alpha value is -3.39. The molecule has 0 aliphatic heterocycles. The monoisotopic (exact) mass is 394 g/mol. The summed E-state index contributed by atoms with van der Waals surface area (Å²) in [7, 11) is 1.65. The van der Waals surface area contributed by atoms with E-state index in [1.165, 1.54) is 12.1 Å². The van der Waals surface area contributed by atoms with Crippen LogP contribution in [0.15, 0.2) is 77.0 Å². The average Bonchev–Trinajstić information content (AvgIpc) is 2.73. The first-order valence-corrected chi connectivity index (χ1v) is 9.38. The third-order valence-corrected chi connectivity index (χ3v) is 4.80. The highest BCUT2D eigenvalue weighted by atomic mass is 32.2. The molecule has 0 atom stereocenters. The Bertz CT molecular complexity index is 963. The van der Waals surface area contributed by atoms with Crippen molar-refractivity contribution in [1.29, 1.82) is 0 Å². The predicted octanol–water partition coefficient (Wildman–Crippen LogP) is 4.74. The number of hydrogen-bond donors (Lipinski definition) is 1. The van der Waals surface area contributed by atoms with Crippen LogP contribution < -0.4 is 10.2 Å². The number of hydrazone groups is 1.